The zero-order valence-electron chi connectivity index (χ0n) is 14.5. The van der Waals surface area contributed by atoms with E-state index in [4.69, 9.17) is 0 Å². The maximum absolute atomic E-state index is 12.4. The van der Waals surface area contributed by atoms with Crippen LogP contribution < -0.4 is 0 Å². The van der Waals surface area contributed by atoms with Gasteiger partial charge in [-0.3, -0.25) is 9.69 Å². The summed E-state index contributed by atoms with van der Waals surface area (Å²) in [5.41, 5.74) is 2.31. The number of para-hydroxylation sites is 1. The molecule has 1 fully saturated rings. The number of hydrogen-bond acceptors (Lipinski definition) is 4. The number of nitrogens with zero attached hydrogens (tertiary/aromatic N) is 3. The molecular formula is C21H21N3OS. The van der Waals surface area contributed by atoms with Gasteiger partial charge in [-0.05, 0) is 23.8 Å². The van der Waals surface area contributed by atoms with Crippen molar-refractivity contribution in [2.24, 2.45) is 0 Å². The van der Waals surface area contributed by atoms with E-state index in [-0.39, 0.29) is 5.91 Å². The molecule has 0 unspecified atom stereocenters. The first-order chi connectivity index (χ1) is 12.8. The molecular weight excluding hydrogens is 342 g/mol. The summed E-state index contributed by atoms with van der Waals surface area (Å²) in [6.45, 7) is 4.32. The molecule has 0 atom stereocenters. The monoisotopic (exact) mass is 363 g/mol. The minimum atomic E-state index is 0.0728. The third-order valence-corrected chi connectivity index (χ3v) is 5.61. The molecule has 0 radical (unpaired) electrons. The van der Waals surface area contributed by atoms with Gasteiger partial charge in [0, 0.05) is 38.8 Å². The highest BCUT2D eigenvalue weighted by atomic mass is 32.1. The van der Waals surface area contributed by atoms with Gasteiger partial charge in [0.15, 0.2) is 0 Å². The molecule has 1 amide bonds. The number of benzene rings is 2. The topological polar surface area (TPSA) is 36.4 Å². The number of carbonyl (C=O) groups is 1. The molecule has 1 aliphatic rings. The normalized spacial score (nSPS) is 15.8. The SMILES string of the molecule is O=C(C=Cc1nc2ccccc2s1)N1CCN(Cc2ccccc2)CC1. The number of carbonyl (C=O) groups excluding carboxylic acids is 1. The van der Waals surface area contributed by atoms with Gasteiger partial charge in [-0.15, -0.1) is 11.3 Å². The van der Waals surface area contributed by atoms with E-state index in [0.717, 1.165) is 47.9 Å². The number of aromatic nitrogens is 1. The lowest BCUT2D eigenvalue weighted by atomic mass is 10.2. The van der Waals surface area contributed by atoms with Crippen molar-refractivity contribution in [2.75, 3.05) is 26.2 Å². The second-order valence-corrected chi connectivity index (χ2v) is 7.50. The van der Waals surface area contributed by atoms with E-state index in [1.807, 2.05) is 35.2 Å². The minimum Gasteiger partial charge on any atom is -0.337 e. The molecule has 0 N–H and O–H groups in total. The Balaban J connectivity index is 1.32. The second kappa shape index (κ2) is 7.81. The molecule has 0 aliphatic carbocycles. The Bertz CT molecular complexity index is 878. The molecule has 3 aromatic rings. The van der Waals surface area contributed by atoms with Crippen LogP contribution in [0.3, 0.4) is 0 Å². The molecule has 2 heterocycles. The fourth-order valence-electron chi connectivity index (χ4n) is 3.18. The molecule has 5 heteroatoms. The lowest BCUT2D eigenvalue weighted by molar-refractivity contribution is -0.127. The Labute approximate surface area is 157 Å². The predicted octanol–water partition coefficient (Wildman–Crippen LogP) is 3.65. The average Bonchev–Trinajstić information content (AvgIpc) is 3.10. The maximum Gasteiger partial charge on any atom is 0.246 e. The Morgan fingerprint density at radius 3 is 2.50 bits per heavy atom. The van der Waals surface area contributed by atoms with E-state index in [9.17, 15) is 4.79 Å². The van der Waals surface area contributed by atoms with Crippen LogP contribution in [0.4, 0.5) is 0 Å². The molecule has 2 aromatic carbocycles. The molecule has 4 rings (SSSR count). The summed E-state index contributed by atoms with van der Waals surface area (Å²) in [5, 5.41) is 0.877. The smallest absolute Gasteiger partial charge is 0.246 e. The highest BCUT2D eigenvalue weighted by molar-refractivity contribution is 7.19. The van der Waals surface area contributed by atoms with E-state index < -0.39 is 0 Å². The fourth-order valence-corrected chi connectivity index (χ4v) is 4.05. The van der Waals surface area contributed by atoms with Gasteiger partial charge in [0.2, 0.25) is 5.91 Å². The number of piperazine rings is 1. The van der Waals surface area contributed by atoms with Gasteiger partial charge in [0.25, 0.3) is 0 Å². The van der Waals surface area contributed by atoms with Gasteiger partial charge in [-0.1, -0.05) is 42.5 Å². The van der Waals surface area contributed by atoms with Crippen LogP contribution in [-0.2, 0) is 11.3 Å². The van der Waals surface area contributed by atoms with E-state index in [1.165, 1.54) is 5.56 Å². The lowest BCUT2D eigenvalue weighted by Gasteiger charge is -2.34. The average molecular weight is 363 g/mol. The Morgan fingerprint density at radius 2 is 1.73 bits per heavy atom. The third kappa shape index (κ3) is 4.00. The van der Waals surface area contributed by atoms with Crippen molar-refractivity contribution in [2.45, 2.75) is 6.54 Å². The number of hydrogen-bond donors (Lipinski definition) is 0. The number of rotatable bonds is 4. The molecule has 1 saturated heterocycles. The molecule has 0 saturated carbocycles. The summed E-state index contributed by atoms with van der Waals surface area (Å²) in [7, 11) is 0. The first-order valence-electron chi connectivity index (χ1n) is 8.87. The van der Waals surface area contributed by atoms with Crippen LogP contribution in [0.15, 0.2) is 60.7 Å². The summed E-state index contributed by atoms with van der Waals surface area (Å²) < 4.78 is 1.15. The molecule has 1 aliphatic heterocycles. The van der Waals surface area contributed by atoms with Crippen molar-refractivity contribution < 1.29 is 4.79 Å². The highest BCUT2D eigenvalue weighted by Crippen LogP contribution is 2.22. The van der Waals surface area contributed by atoms with Crippen molar-refractivity contribution in [1.29, 1.82) is 0 Å². The van der Waals surface area contributed by atoms with E-state index in [1.54, 1.807) is 17.4 Å². The zero-order chi connectivity index (χ0) is 17.8. The van der Waals surface area contributed by atoms with Gasteiger partial charge < -0.3 is 4.90 Å². The van der Waals surface area contributed by atoms with Gasteiger partial charge >= 0.3 is 0 Å². The standard InChI is InChI=1S/C21H21N3OS/c25-21(11-10-20-22-18-8-4-5-9-19(18)26-20)24-14-12-23(13-15-24)16-17-6-2-1-3-7-17/h1-11H,12-16H2. The minimum absolute atomic E-state index is 0.0728. The first kappa shape index (κ1) is 16.9. The maximum atomic E-state index is 12.4. The van der Waals surface area contributed by atoms with E-state index >= 15 is 0 Å². The van der Waals surface area contributed by atoms with Crippen molar-refractivity contribution in [1.82, 2.24) is 14.8 Å². The van der Waals surface area contributed by atoms with E-state index in [2.05, 4.69) is 40.2 Å². The Kier molecular flexibility index (Phi) is 5.09. The molecule has 4 nitrogen and oxygen atoms in total. The second-order valence-electron chi connectivity index (χ2n) is 6.44. The number of amides is 1. The van der Waals surface area contributed by atoms with Crippen LogP contribution in [0, 0.1) is 0 Å². The predicted molar refractivity (Wildman–Crippen MR) is 107 cm³/mol. The van der Waals surface area contributed by atoms with Gasteiger partial charge in [-0.2, -0.15) is 0 Å². The van der Waals surface area contributed by atoms with Crippen LogP contribution in [0.2, 0.25) is 0 Å². The largest absolute Gasteiger partial charge is 0.337 e. The van der Waals surface area contributed by atoms with Crippen LogP contribution in [0.1, 0.15) is 10.6 Å². The van der Waals surface area contributed by atoms with Crippen molar-refractivity contribution in [3.8, 4) is 0 Å². The third-order valence-electron chi connectivity index (χ3n) is 4.61. The Hall–Kier alpha value is -2.50. The van der Waals surface area contributed by atoms with E-state index in [0.29, 0.717) is 0 Å². The summed E-state index contributed by atoms with van der Waals surface area (Å²) in [6, 6.07) is 18.5. The quantitative estimate of drug-likeness (QED) is 0.664. The van der Waals surface area contributed by atoms with Crippen LogP contribution >= 0.6 is 11.3 Å². The molecule has 132 valence electrons. The number of thiazole rings is 1. The van der Waals surface area contributed by atoms with Crippen LogP contribution in [0.5, 0.6) is 0 Å². The zero-order valence-corrected chi connectivity index (χ0v) is 15.4. The molecule has 0 bridgehead atoms. The molecule has 26 heavy (non-hydrogen) atoms. The molecule has 0 spiro atoms. The molecule has 1 aromatic heterocycles. The van der Waals surface area contributed by atoms with Crippen molar-refractivity contribution >= 4 is 33.5 Å². The van der Waals surface area contributed by atoms with Crippen molar-refractivity contribution in [3.05, 3.63) is 71.2 Å². The highest BCUT2D eigenvalue weighted by Gasteiger charge is 2.19. The fraction of sp³-hybridized carbons (Fsp3) is 0.238. The Morgan fingerprint density at radius 1 is 1.00 bits per heavy atom. The summed E-state index contributed by atoms with van der Waals surface area (Å²) in [4.78, 5) is 21.3. The van der Waals surface area contributed by atoms with Gasteiger partial charge in [-0.25, -0.2) is 4.98 Å². The van der Waals surface area contributed by atoms with Crippen LogP contribution in [0.25, 0.3) is 16.3 Å². The first-order valence-corrected chi connectivity index (χ1v) is 9.68. The van der Waals surface area contributed by atoms with Gasteiger partial charge in [0.1, 0.15) is 5.01 Å². The summed E-state index contributed by atoms with van der Waals surface area (Å²) in [6.07, 6.45) is 3.49. The number of fused-ring (bicyclic) bond motifs is 1. The lowest BCUT2D eigenvalue weighted by Crippen LogP contribution is -2.47. The van der Waals surface area contributed by atoms with Crippen molar-refractivity contribution in [3.63, 3.8) is 0 Å². The summed E-state index contributed by atoms with van der Waals surface area (Å²) in [5.74, 6) is 0.0728. The summed E-state index contributed by atoms with van der Waals surface area (Å²) >= 11 is 1.61. The van der Waals surface area contributed by atoms with Gasteiger partial charge in [0.05, 0.1) is 10.2 Å². The van der Waals surface area contributed by atoms with Crippen LogP contribution in [-0.4, -0.2) is 46.9 Å².